The summed E-state index contributed by atoms with van der Waals surface area (Å²) in [6.07, 6.45) is 3.17. The molecule has 0 fully saturated rings. The van der Waals surface area contributed by atoms with Crippen molar-refractivity contribution in [3.05, 3.63) is 71.3 Å². The van der Waals surface area contributed by atoms with Crippen LogP contribution in [0.5, 0.6) is 5.75 Å². The Bertz CT molecular complexity index is 1010. The largest absolute Gasteiger partial charge is 0.497 e. The van der Waals surface area contributed by atoms with E-state index < -0.39 is 0 Å². The monoisotopic (exact) mass is 408 g/mol. The lowest BCUT2D eigenvalue weighted by molar-refractivity contribution is -0.111. The Morgan fingerprint density at radius 3 is 2.64 bits per heavy atom. The van der Waals surface area contributed by atoms with Crippen molar-refractivity contribution < 1.29 is 9.53 Å². The second kappa shape index (κ2) is 9.69. The number of nitriles is 1. The molecule has 3 rings (SSSR count). The Balaban J connectivity index is 1.50. The summed E-state index contributed by atoms with van der Waals surface area (Å²) in [7, 11) is 1.61. The van der Waals surface area contributed by atoms with Crippen molar-refractivity contribution in [3.63, 3.8) is 0 Å². The van der Waals surface area contributed by atoms with Gasteiger partial charge in [-0.1, -0.05) is 47.4 Å². The number of hydrogen-bond acceptors (Lipinski definition) is 7. The SMILES string of the molecule is COc1ccc(/C=C/C(=O)Nc2nnc(SCc3ccc(C#N)cc3)s2)cc1. The first-order valence-electron chi connectivity index (χ1n) is 8.25. The van der Waals surface area contributed by atoms with Crippen molar-refractivity contribution in [3.8, 4) is 11.8 Å². The van der Waals surface area contributed by atoms with Gasteiger partial charge in [0.2, 0.25) is 11.0 Å². The van der Waals surface area contributed by atoms with Crippen LogP contribution in [-0.4, -0.2) is 23.2 Å². The number of aromatic nitrogens is 2. The van der Waals surface area contributed by atoms with E-state index in [-0.39, 0.29) is 5.91 Å². The third kappa shape index (κ3) is 5.67. The predicted molar refractivity (Wildman–Crippen MR) is 111 cm³/mol. The van der Waals surface area contributed by atoms with Gasteiger partial charge in [-0.15, -0.1) is 10.2 Å². The Morgan fingerprint density at radius 2 is 1.96 bits per heavy atom. The lowest BCUT2D eigenvalue weighted by atomic mass is 10.2. The molecule has 140 valence electrons. The topological polar surface area (TPSA) is 87.9 Å². The van der Waals surface area contributed by atoms with Gasteiger partial charge in [-0.25, -0.2) is 0 Å². The van der Waals surface area contributed by atoms with Crippen LogP contribution in [0.4, 0.5) is 5.13 Å². The second-order valence-corrected chi connectivity index (χ2v) is 7.77. The van der Waals surface area contributed by atoms with Gasteiger partial charge < -0.3 is 4.74 Å². The molecule has 28 heavy (non-hydrogen) atoms. The molecule has 1 aromatic heterocycles. The van der Waals surface area contributed by atoms with E-state index in [1.807, 2.05) is 36.4 Å². The summed E-state index contributed by atoms with van der Waals surface area (Å²) >= 11 is 2.85. The molecule has 0 aliphatic carbocycles. The number of anilines is 1. The van der Waals surface area contributed by atoms with Crippen LogP contribution in [-0.2, 0) is 10.5 Å². The molecule has 0 aliphatic heterocycles. The summed E-state index contributed by atoms with van der Waals surface area (Å²) in [6.45, 7) is 0. The first-order chi connectivity index (χ1) is 13.7. The van der Waals surface area contributed by atoms with E-state index in [9.17, 15) is 4.79 Å². The van der Waals surface area contributed by atoms with Gasteiger partial charge in [0, 0.05) is 11.8 Å². The van der Waals surface area contributed by atoms with Crippen LogP contribution < -0.4 is 10.1 Å². The van der Waals surface area contributed by atoms with Crippen molar-refractivity contribution in [1.29, 1.82) is 5.26 Å². The number of methoxy groups -OCH3 is 1. The fourth-order valence-electron chi connectivity index (χ4n) is 2.17. The molecule has 1 amide bonds. The van der Waals surface area contributed by atoms with Gasteiger partial charge in [-0.05, 0) is 41.5 Å². The highest BCUT2D eigenvalue weighted by Gasteiger charge is 2.07. The quantitative estimate of drug-likeness (QED) is 0.355. The number of nitrogens with one attached hydrogen (secondary N) is 1. The molecule has 0 unspecified atom stereocenters. The Hall–Kier alpha value is -3.15. The number of rotatable bonds is 7. The van der Waals surface area contributed by atoms with Gasteiger partial charge in [-0.3, -0.25) is 10.1 Å². The van der Waals surface area contributed by atoms with E-state index in [0.717, 1.165) is 21.2 Å². The van der Waals surface area contributed by atoms with Gasteiger partial charge in [0.15, 0.2) is 4.34 Å². The normalized spacial score (nSPS) is 10.6. The summed E-state index contributed by atoms with van der Waals surface area (Å²) in [6, 6.07) is 16.9. The fourth-order valence-corrected chi connectivity index (χ4v) is 3.88. The van der Waals surface area contributed by atoms with Crippen molar-refractivity contribution in [2.45, 2.75) is 10.1 Å². The minimum absolute atomic E-state index is 0.268. The lowest BCUT2D eigenvalue weighted by Gasteiger charge is -1.99. The second-order valence-electron chi connectivity index (χ2n) is 5.57. The third-order valence-electron chi connectivity index (χ3n) is 3.62. The van der Waals surface area contributed by atoms with Crippen LogP contribution in [0, 0.1) is 11.3 Å². The molecule has 0 aliphatic rings. The molecule has 0 saturated heterocycles. The minimum Gasteiger partial charge on any atom is -0.497 e. The minimum atomic E-state index is -0.268. The number of ether oxygens (including phenoxy) is 1. The maximum absolute atomic E-state index is 12.0. The van der Waals surface area contributed by atoms with E-state index in [0.29, 0.717) is 16.4 Å². The summed E-state index contributed by atoms with van der Waals surface area (Å²) in [5.41, 5.74) is 2.62. The molecule has 2 aromatic carbocycles. The van der Waals surface area contributed by atoms with Crippen LogP contribution in [0.3, 0.4) is 0 Å². The zero-order chi connectivity index (χ0) is 19.8. The van der Waals surface area contributed by atoms with Gasteiger partial charge in [0.1, 0.15) is 5.75 Å². The van der Waals surface area contributed by atoms with Crippen molar-refractivity contribution in [1.82, 2.24) is 10.2 Å². The molecule has 6 nitrogen and oxygen atoms in total. The van der Waals surface area contributed by atoms with Crippen LogP contribution in [0.15, 0.2) is 58.9 Å². The molecule has 0 atom stereocenters. The van der Waals surface area contributed by atoms with Crippen molar-refractivity contribution in [2.24, 2.45) is 0 Å². The van der Waals surface area contributed by atoms with Crippen LogP contribution in [0.2, 0.25) is 0 Å². The van der Waals surface area contributed by atoms with Crippen molar-refractivity contribution in [2.75, 3.05) is 12.4 Å². The Kier molecular flexibility index (Phi) is 6.78. The summed E-state index contributed by atoms with van der Waals surface area (Å²) in [5, 5.41) is 20.1. The molecule has 1 heterocycles. The molecular weight excluding hydrogens is 392 g/mol. The van der Waals surface area contributed by atoms with E-state index in [2.05, 4.69) is 21.6 Å². The van der Waals surface area contributed by atoms with E-state index in [4.69, 9.17) is 10.00 Å². The molecule has 8 heteroatoms. The van der Waals surface area contributed by atoms with E-state index >= 15 is 0 Å². The first-order valence-corrected chi connectivity index (χ1v) is 10.0. The number of hydrogen-bond donors (Lipinski definition) is 1. The highest BCUT2D eigenvalue weighted by molar-refractivity contribution is 8.00. The summed E-state index contributed by atoms with van der Waals surface area (Å²) < 4.78 is 5.87. The Morgan fingerprint density at radius 1 is 1.21 bits per heavy atom. The number of thioether (sulfide) groups is 1. The average Bonchev–Trinajstić information content (AvgIpc) is 3.18. The molecule has 1 N–H and O–H groups in total. The third-order valence-corrected chi connectivity index (χ3v) is 5.67. The van der Waals surface area contributed by atoms with E-state index in [1.165, 1.54) is 29.2 Å². The molecule has 3 aromatic rings. The van der Waals surface area contributed by atoms with Gasteiger partial charge in [-0.2, -0.15) is 5.26 Å². The highest BCUT2D eigenvalue weighted by Crippen LogP contribution is 2.28. The Labute approximate surface area is 170 Å². The van der Waals surface area contributed by atoms with Crippen LogP contribution in [0.1, 0.15) is 16.7 Å². The summed E-state index contributed by atoms with van der Waals surface area (Å²) in [4.78, 5) is 12.0. The lowest BCUT2D eigenvalue weighted by Crippen LogP contribution is -2.07. The number of benzene rings is 2. The molecule has 0 spiro atoms. The molecular formula is C20H16N4O2S2. The van der Waals surface area contributed by atoms with Crippen LogP contribution in [0.25, 0.3) is 6.08 Å². The average molecular weight is 409 g/mol. The number of nitrogens with zero attached hydrogens (tertiary/aromatic N) is 3. The van der Waals surface area contributed by atoms with Crippen molar-refractivity contribution >= 4 is 40.2 Å². The predicted octanol–water partition coefficient (Wildman–Crippen LogP) is 4.36. The number of carbonyl (C=O) groups excluding carboxylic acids is 1. The van der Waals surface area contributed by atoms with Gasteiger partial charge in [0.05, 0.1) is 18.7 Å². The molecule has 0 saturated carbocycles. The van der Waals surface area contributed by atoms with Crippen LogP contribution >= 0.6 is 23.1 Å². The fraction of sp³-hybridized carbons (Fsp3) is 0.100. The zero-order valence-corrected chi connectivity index (χ0v) is 16.6. The van der Waals surface area contributed by atoms with Gasteiger partial charge in [0.25, 0.3) is 0 Å². The van der Waals surface area contributed by atoms with Gasteiger partial charge >= 0.3 is 0 Å². The van der Waals surface area contributed by atoms with E-state index in [1.54, 1.807) is 25.3 Å². The standard InChI is InChI=1S/C20H16N4O2S2/c1-26-17-9-6-14(7-10-17)8-11-18(25)22-19-23-24-20(28-19)27-13-16-4-2-15(12-21)3-5-16/h2-11H,13H2,1H3,(H,22,23,25)/b11-8+. The first kappa shape index (κ1) is 19.6. The molecule has 0 bridgehead atoms. The highest BCUT2D eigenvalue weighted by atomic mass is 32.2. The number of amides is 1. The number of carbonyl (C=O) groups is 1. The molecule has 0 radical (unpaired) electrons. The maximum Gasteiger partial charge on any atom is 0.250 e. The summed E-state index contributed by atoms with van der Waals surface area (Å²) in [5.74, 6) is 1.21. The maximum atomic E-state index is 12.0. The zero-order valence-electron chi connectivity index (χ0n) is 15.0. The smallest absolute Gasteiger partial charge is 0.250 e.